The summed E-state index contributed by atoms with van der Waals surface area (Å²) in [4.78, 5) is 18.7. The number of aromatic nitrogens is 2. The molecule has 0 amide bonds. The monoisotopic (exact) mass is 273 g/mol. The first-order chi connectivity index (χ1) is 9.70. The van der Waals surface area contributed by atoms with Gasteiger partial charge in [0.2, 0.25) is 0 Å². The van der Waals surface area contributed by atoms with Gasteiger partial charge in [0.15, 0.2) is 0 Å². The minimum Gasteiger partial charge on any atom is -0.497 e. The zero-order chi connectivity index (χ0) is 14.4. The summed E-state index contributed by atoms with van der Waals surface area (Å²) in [5.41, 5.74) is 1.67. The zero-order valence-electron chi connectivity index (χ0n) is 11.0. The van der Waals surface area contributed by atoms with Crippen LogP contribution >= 0.6 is 0 Å². The maximum Gasteiger partial charge on any atom is 0.339 e. The predicted molar refractivity (Wildman–Crippen MR) is 72.5 cm³/mol. The van der Waals surface area contributed by atoms with E-state index in [2.05, 4.69) is 15.3 Å². The van der Waals surface area contributed by atoms with E-state index in [1.807, 2.05) is 24.3 Å². The van der Waals surface area contributed by atoms with Gasteiger partial charge in [-0.1, -0.05) is 12.1 Å². The molecule has 0 aliphatic rings. The molecule has 0 aliphatic heterocycles. The number of rotatable bonds is 6. The first kappa shape index (κ1) is 14.0. The van der Waals surface area contributed by atoms with Crippen LogP contribution in [0.4, 0.5) is 0 Å². The Morgan fingerprint density at radius 2 is 2.05 bits per heavy atom. The highest BCUT2D eigenvalue weighted by molar-refractivity contribution is 5.88. The Kier molecular flexibility index (Phi) is 4.62. The van der Waals surface area contributed by atoms with E-state index in [1.54, 1.807) is 7.11 Å². The molecule has 6 heteroatoms. The number of carboxylic acids is 1. The number of hydrogen-bond acceptors (Lipinski definition) is 5. The molecule has 0 atom stereocenters. The molecular weight excluding hydrogens is 258 g/mol. The van der Waals surface area contributed by atoms with Gasteiger partial charge < -0.3 is 15.2 Å². The van der Waals surface area contributed by atoms with Crippen LogP contribution in [0.5, 0.6) is 5.75 Å². The number of carbonyl (C=O) groups is 1. The maximum atomic E-state index is 11.0. The molecule has 0 unspecified atom stereocenters. The lowest BCUT2D eigenvalue weighted by Crippen LogP contribution is -2.17. The van der Waals surface area contributed by atoms with Crippen molar-refractivity contribution in [3.63, 3.8) is 0 Å². The molecule has 104 valence electrons. The molecule has 1 heterocycles. The van der Waals surface area contributed by atoms with E-state index in [0.29, 0.717) is 18.8 Å². The normalized spacial score (nSPS) is 10.2. The Balaban J connectivity index is 1.94. The maximum absolute atomic E-state index is 11.0. The second-order valence-electron chi connectivity index (χ2n) is 4.14. The molecule has 0 aliphatic carbocycles. The van der Waals surface area contributed by atoms with Gasteiger partial charge in [-0.05, 0) is 17.7 Å². The lowest BCUT2D eigenvalue weighted by atomic mass is 10.2. The molecule has 0 bridgehead atoms. The summed E-state index contributed by atoms with van der Waals surface area (Å²) in [7, 11) is 1.62. The largest absolute Gasteiger partial charge is 0.497 e. The molecule has 2 aromatic rings. The summed E-state index contributed by atoms with van der Waals surface area (Å²) in [6.45, 7) is 0.989. The Labute approximate surface area is 116 Å². The highest BCUT2D eigenvalue weighted by Crippen LogP contribution is 2.11. The van der Waals surface area contributed by atoms with Gasteiger partial charge in [0, 0.05) is 19.3 Å². The van der Waals surface area contributed by atoms with Crippen LogP contribution in [0.25, 0.3) is 0 Å². The zero-order valence-corrected chi connectivity index (χ0v) is 11.0. The second-order valence-corrected chi connectivity index (χ2v) is 4.14. The Morgan fingerprint density at radius 1 is 1.30 bits per heavy atom. The summed E-state index contributed by atoms with van der Waals surface area (Å²) >= 11 is 0. The molecule has 2 N–H and O–H groups in total. The van der Waals surface area contributed by atoms with Gasteiger partial charge in [-0.2, -0.15) is 0 Å². The number of hydrogen-bond donors (Lipinski definition) is 2. The first-order valence-electron chi connectivity index (χ1n) is 6.06. The summed E-state index contributed by atoms with van der Waals surface area (Å²) in [6.07, 6.45) is 2.65. The quantitative estimate of drug-likeness (QED) is 0.829. The van der Waals surface area contributed by atoms with Crippen LogP contribution in [0.3, 0.4) is 0 Å². The van der Waals surface area contributed by atoms with Crippen molar-refractivity contribution in [2.24, 2.45) is 0 Å². The molecule has 6 nitrogen and oxygen atoms in total. The molecule has 0 radical (unpaired) electrons. The summed E-state index contributed by atoms with van der Waals surface area (Å²) in [5.74, 6) is -0.218. The third-order valence-corrected chi connectivity index (χ3v) is 2.81. The fraction of sp³-hybridized carbons (Fsp3) is 0.214. The number of ether oxygens (including phenoxy) is 1. The van der Waals surface area contributed by atoms with Crippen LogP contribution in [-0.4, -0.2) is 28.2 Å². The van der Waals surface area contributed by atoms with Crippen LogP contribution in [0.2, 0.25) is 0 Å². The SMILES string of the molecule is COc1ccc(CNCc2ncncc2C(=O)O)cc1. The van der Waals surface area contributed by atoms with Gasteiger partial charge in [-0.25, -0.2) is 14.8 Å². The smallest absolute Gasteiger partial charge is 0.339 e. The molecule has 0 saturated heterocycles. The average molecular weight is 273 g/mol. The molecule has 20 heavy (non-hydrogen) atoms. The summed E-state index contributed by atoms with van der Waals surface area (Å²) in [6, 6.07) is 7.66. The molecule has 0 saturated carbocycles. The summed E-state index contributed by atoms with van der Waals surface area (Å²) < 4.78 is 5.08. The topological polar surface area (TPSA) is 84.3 Å². The third kappa shape index (κ3) is 3.52. The van der Waals surface area contributed by atoms with Crippen LogP contribution in [-0.2, 0) is 13.1 Å². The van der Waals surface area contributed by atoms with Gasteiger partial charge in [0.1, 0.15) is 17.6 Å². The molecule has 2 rings (SSSR count). The lowest BCUT2D eigenvalue weighted by Gasteiger charge is -2.07. The number of methoxy groups -OCH3 is 1. The molecule has 1 aromatic heterocycles. The van der Waals surface area contributed by atoms with Gasteiger partial charge in [-0.3, -0.25) is 0 Å². The van der Waals surface area contributed by atoms with E-state index in [9.17, 15) is 4.79 Å². The second kappa shape index (κ2) is 6.63. The van der Waals surface area contributed by atoms with Crippen molar-refractivity contribution in [3.05, 3.63) is 53.6 Å². The van der Waals surface area contributed by atoms with Crippen LogP contribution in [0, 0.1) is 0 Å². The predicted octanol–water partition coefficient (Wildman–Crippen LogP) is 1.47. The standard InChI is InChI=1S/C14H15N3O3/c1-20-11-4-2-10(3-5-11)6-15-8-13-12(14(18)19)7-16-9-17-13/h2-5,7,9,15H,6,8H2,1H3,(H,18,19). The first-order valence-corrected chi connectivity index (χ1v) is 6.06. The molecule has 0 fully saturated rings. The molecule has 0 spiro atoms. The fourth-order valence-corrected chi connectivity index (χ4v) is 1.74. The Morgan fingerprint density at radius 3 is 2.70 bits per heavy atom. The van der Waals surface area contributed by atoms with Gasteiger partial charge in [-0.15, -0.1) is 0 Å². The van der Waals surface area contributed by atoms with E-state index in [-0.39, 0.29) is 5.56 Å². The Bertz CT molecular complexity index is 584. The van der Waals surface area contributed by atoms with Crippen molar-refractivity contribution in [3.8, 4) is 5.75 Å². The fourth-order valence-electron chi connectivity index (χ4n) is 1.74. The third-order valence-electron chi connectivity index (χ3n) is 2.81. The van der Waals surface area contributed by atoms with Crippen molar-refractivity contribution in [1.82, 2.24) is 15.3 Å². The summed E-state index contributed by atoms with van der Waals surface area (Å²) in [5, 5.41) is 12.2. The van der Waals surface area contributed by atoms with Gasteiger partial charge in [0.25, 0.3) is 0 Å². The molecular formula is C14H15N3O3. The number of nitrogens with zero attached hydrogens (tertiary/aromatic N) is 2. The van der Waals surface area contributed by atoms with E-state index in [4.69, 9.17) is 9.84 Å². The van der Waals surface area contributed by atoms with Gasteiger partial charge >= 0.3 is 5.97 Å². The minimum absolute atomic E-state index is 0.120. The highest BCUT2D eigenvalue weighted by atomic mass is 16.5. The van der Waals surface area contributed by atoms with Crippen LogP contribution in [0.15, 0.2) is 36.8 Å². The van der Waals surface area contributed by atoms with Crippen molar-refractivity contribution >= 4 is 5.97 Å². The minimum atomic E-state index is -1.02. The molecule has 1 aromatic carbocycles. The van der Waals surface area contributed by atoms with Gasteiger partial charge in [0.05, 0.1) is 12.8 Å². The number of benzene rings is 1. The number of nitrogens with one attached hydrogen (secondary N) is 1. The lowest BCUT2D eigenvalue weighted by molar-refractivity contribution is 0.0694. The average Bonchev–Trinajstić information content (AvgIpc) is 2.48. The van der Waals surface area contributed by atoms with E-state index in [0.717, 1.165) is 11.3 Å². The number of aromatic carboxylic acids is 1. The van der Waals surface area contributed by atoms with E-state index >= 15 is 0 Å². The van der Waals surface area contributed by atoms with Crippen LogP contribution < -0.4 is 10.1 Å². The van der Waals surface area contributed by atoms with Crippen molar-refractivity contribution in [1.29, 1.82) is 0 Å². The Hall–Kier alpha value is -2.47. The van der Waals surface area contributed by atoms with Crippen molar-refractivity contribution in [2.75, 3.05) is 7.11 Å². The highest BCUT2D eigenvalue weighted by Gasteiger charge is 2.10. The van der Waals surface area contributed by atoms with E-state index < -0.39 is 5.97 Å². The van der Waals surface area contributed by atoms with Crippen molar-refractivity contribution in [2.45, 2.75) is 13.1 Å². The number of carboxylic acid groups (broad SMARTS) is 1. The van der Waals surface area contributed by atoms with Crippen molar-refractivity contribution < 1.29 is 14.6 Å². The van der Waals surface area contributed by atoms with E-state index in [1.165, 1.54) is 12.5 Å². The van der Waals surface area contributed by atoms with Crippen LogP contribution in [0.1, 0.15) is 21.6 Å².